The third-order valence-corrected chi connectivity index (χ3v) is 5.74. The fraction of sp³-hybridized carbons (Fsp3) is 0.0833. The normalized spacial score (nSPS) is 14.0. The zero-order valence-electron chi connectivity index (χ0n) is 18.6. The molecule has 180 valence electrons. The Morgan fingerprint density at radius 2 is 0.944 bits per heavy atom. The maximum atomic E-state index is 10.4. The van der Waals surface area contributed by atoms with E-state index < -0.39 is 0 Å². The molecule has 0 amide bonds. The molecule has 0 fully saturated rings. The van der Waals surface area contributed by atoms with Gasteiger partial charge in [0, 0.05) is 25.0 Å². The van der Waals surface area contributed by atoms with Crippen LogP contribution in [0.15, 0.2) is 36.4 Å². The molecule has 36 heavy (non-hydrogen) atoms. The Bertz CT molecular complexity index is 1480. The first-order chi connectivity index (χ1) is 17.1. The van der Waals surface area contributed by atoms with Gasteiger partial charge in [0.05, 0.1) is 56.7 Å². The summed E-state index contributed by atoms with van der Waals surface area (Å²) in [5, 5.41) is 74.7. The molecule has 12 heteroatoms. The Morgan fingerprint density at radius 3 is 1.39 bits per heavy atom. The van der Waals surface area contributed by atoms with E-state index in [1.54, 1.807) is 0 Å². The summed E-state index contributed by atoms with van der Waals surface area (Å²) in [5.41, 5.74) is 1.21. The molecule has 8 bridgehead atoms. The predicted molar refractivity (Wildman–Crippen MR) is 133 cm³/mol. The van der Waals surface area contributed by atoms with E-state index in [0.29, 0.717) is 0 Å². The van der Waals surface area contributed by atoms with Gasteiger partial charge >= 0.3 is 0 Å². The molecular weight excluding hydrogens is 464 g/mol. The number of nitrogens with zero attached hydrogens (tertiary/aromatic N) is 2. The van der Waals surface area contributed by atoms with E-state index in [-0.39, 0.29) is 104 Å². The van der Waals surface area contributed by atoms with Crippen molar-refractivity contribution in [2.45, 2.75) is 12.8 Å². The first kappa shape index (κ1) is 22.5. The molecule has 0 saturated heterocycles. The van der Waals surface area contributed by atoms with E-state index >= 15 is 0 Å². The van der Waals surface area contributed by atoms with E-state index in [2.05, 4.69) is 19.9 Å². The molecule has 10 N–H and O–H groups in total. The second kappa shape index (κ2) is 8.20. The summed E-state index contributed by atoms with van der Waals surface area (Å²) < 4.78 is 0. The third-order valence-electron chi connectivity index (χ3n) is 5.74. The number of aromatic amines is 2. The highest BCUT2D eigenvalue weighted by Gasteiger charge is 2.18. The lowest BCUT2D eigenvalue weighted by Crippen LogP contribution is -2.17. The first-order valence-electron chi connectivity index (χ1n) is 10.7. The standard InChI is InChI=1S/C24H20N8O4/c25-9-1-10(26)14-3-13(9)29-17-5-19(23(35)7-21(17)33)31-15-4-16(12(28)2-11(15)27)32-20-6-18(30-14)22(34)8-24(20)36/h3-8,25-29,31,33-36H,1-2H2. The van der Waals surface area contributed by atoms with E-state index in [0.717, 1.165) is 12.1 Å². The minimum atomic E-state index is -0.361. The number of phenols is 4. The molecule has 1 aromatic heterocycles. The summed E-state index contributed by atoms with van der Waals surface area (Å²) in [6.07, 6.45) is -0.145. The molecule has 2 aliphatic rings. The number of benzene rings is 2. The number of aromatic hydroxyl groups is 4. The van der Waals surface area contributed by atoms with Gasteiger partial charge in [0.2, 0.25) is 0 Å². The van der Waals surface area contributed by atoms with E-state index in [1.165, 1.54) is 24.3 Å². The second-order valence-electron chi connectivity index (χ2n) is 8.34. The molecule has 5 rings (SSSR count). The number of fused-ring (bicyclic) bond motifs is 8. The van der Waals surface area contributed by atoms with Gasteiger partial charge in [0.15, 0.2) is 0 Å². The van der Waals surface area contributed by atoms with Gasteiger partial charge in [0.1, 0.15) is 34.0 Å². The number of nitrogens with one attached hydrogen (secondary N) is 6. The number of H-pyrrole nitrogens is 2. The van der Waals surface area contributed by atoms with Gasteiger partial charge in [-0.25, -0.2) is 9.97 Å². The van der Waals surface area contributed by atoms with E-state index in [1.807, 2.05) is 0 Å². The summed E-state index contributed by atoms with van der Waals surface area (Å²) in [7, 11) is 0. The lowest BCUT2D eigenvalue weighted by Gasteiger charge is -2.13. The second-order valence-corrected chi connectivity index (χ2v) is 8.34. The van der Waals surface area contributed by atoms with Crippen molar-refractivity contribution in [3.63, 3.8) is 0 Å². The van der Waals surface area contributed by atoms with Crippen LogP contribution in [0.25, 0.3) is 22.1 Å². The molecule has 0 radical (unpaired) electrons. The fourth-order valence-corrected chi connectivity index (χ4v) is 3.83. The summed E-state index contributed by atoms with van der Waals surface area (Å²) in [5.74, 6) is -1.32. The van der Waals surface area contributed by atoms with Crippen molar-refractivity contribution in [3.8, 4) is 23.0 Å². The minimum absolute atomic E-state index is 0.00945. The fourth-order valence-electron chi connectivity index (χ4n) is 3.83. The highest BCUT2D eigenvalue weighted by Crippen LogP contribution is 2.29. The van der Waals surface area contributed by atoms with Gasteiger partial charge in [-0.15, -0.1) is 0 Å². The molecule has 0 saturated carbocycles. The van der Waals surface area contributed by atoms with Crippen LogP contribution >= 0.6 is 0 Å². The molecule has 0 unspecified atom stereocenters. The molecule has 0 aliphatic heterocycles. The molecule has 0 spiro atoms. The van der Waals surface area contributed by atoms with Gasteiger partial charge in [-0.05, 0) is 24.3 Å². The van der Waals surface area contributed by atoms with Crippen molar-refractivity contribution in [3.05, 3.63) is 59.2 Å². The molecule has 12 nitrogen and oxygen atoms in total. The predicted octanol–water partition coefficient (Wildman–Crippen LogP) is 3.35. The maximum absolute atomic E-state index is 10.4. The summed E-state index contributed by atoms with van der Waals surface area (Å²) in [6, 6.07) is 7.69. The van der Waals surface area contributed by atoms with Crippen molar-refractivity contribution in [2.75, 3.05) is 0 Å². The lowest BCUT2D eigenvalue weighted by atomic mass is 10.0. The van der Waals surface area contributed by atoms with Crippen LogP contribution in [0.4, 0.5) is 0 Å². The zero-order chi connectivity index (χ0) is 25.7. The van der Waals surface area contributed by atoms with Crippen molar-refractivity contribution in [1.82, 2.24) is 19.9 Å². The summed E-state index contributed by atoms with van der Waals surface area (Å²) in [4.78, 5) is 14.5. The number of hydrogen-bond acceptors (Lipinski definition) is 10. The number of hydrogen-bond donors (Lipinski definition) is 10. The Kier molecular flexibility index (Phi) is 5.13. The summed E-state index contributed by atoms with van der Waals surface area (Å²) in [6.45, 7) is 0. The van der Waals surface area contributed by atoms with Crippen LogP contribution in [0.3, 0.4) is 0 Å². The van der Waals surface area contributed by atoms with Crippen molar-refractivity contribution in [1.29, 1.82) is 21.6 Å². The van der Waals surface area contributed by atoms with Crippen LogP contribution in [-0.2, 0) is 0 Å². The van der Waals surface area contributed by atoms with Crippen molar-refractivity contribution < 1.29 is 20.4 Å². The SMILES string of the molecule is N=C1CC(=N)c2cc1nc1cc(nc3cc([nH]c4cc([nH]2)c(O)cc4O)C(=N)CC3=N)c(O)cc1O. The van der Waals surface area contributed by atoms with Gasteiger partial charge in [0.25, 0.3) is 0 Å². The van der Waals surface area contributed by atoms with Gasteiger partial charge in [-0.1, -0.05) is 0 Å². The Balaban J connectivity index is 2.02. The third kappa shape index (κ3) is 3.96. The van der Waals surface area contributed by atoms with Crippen molar-refractivity contribution >= 4 is 44.9 Å². The Hall–Kier alpha value is -5.26. The average Bonchev–Trinajstić information content (AvgIpc) is 2.79. The van der Waals surface area contributed by atoms with Gasteiger partial charge in [-0.3, -0.25) is 0 Å². The van der Waals surface area contributed by atoms with Crippen molar-refractivity contribution in [2.24, 2.45) is 0 Å². The first-order valence-corrected chi connectivity index (χ1v) is 10.7. The molecule has 2 aromatic carbocycles. The Morgan fingerprint density at radius 1 is 0.528 bits per heavy atom. The Labute approximate surface area is 202 Å². The minimum Gasteiger partial charge on any atom is -0.506 e. The molecule has 1 heterocycles. The monoisotopic (exact) mass is 484 g/mol. The quantitative estimate of drug-likeness (QED) is 0.229. The smallest absolute Gasteiger partial charge is 0.145 e. The highest BCUT2D eigenvalue weighted by molar-refractivity contribution is 6.18. The van der Waals surface area contributed by atoms with Crippen LogP contribution in [0.1, 0.15) is 35.6 Å². The van der Waals surface area contributed by atoms with Crippen LogP contribution in [0, 0.1) is 21.6 Å². The number of rotatable bonds is 0. The number of phenolic OH excluding ortho intramolecular Hbond substituents is 4. The van der Waals surface area contributed by atoms with Crippen LogP contribution < -0.4 is 0 Å². The average molecular weight is 484 g/mol. The molecule has 0 atom stereocenters. The molecular formula is C24H20N8O4. The topological polar surface area (TPSA) is 234 Å². The van der Waals surface area contributed by atoms with Crippen LogP contribution in [0.2, 0.25) is 0 Å². The van der Waals surface area contributed by atoms with Crippen LogP contribution in [-0.4, -0.2) is 63.2 Å². The molecule has 2 aliphatic carbocycles. The molecule has 3 aromatic rings. The van der Waals surface area contributed by atoms with E-state index in [4.69, 9.17) is 21.6 Å². The zero-order valence-corrected chi connectivity index (χ0v) is 18.6. The van der Waals surface area contributed by atoms with E-state index in [9.17, 15) is 20.4 Å². The number of aromatic nitrogens is 4. The lowest BCUT2D eigenvalue weighted by molar-refractivity contribution is 0.455. The van der Waals surface area contributed by atoms with Crippen LogP contribution in [0.5, 0.6) is 23.0 Å². The highest BCUT2D eigenvalue weighted by atomic mass is 16.3. The maximum Gasteiger partial charge on any atom is 0.145 e. The largest absolute Gasteiger partial charge is 0.506 e. The summed E-state index contributed by atoms with van der Waals surface area (Å²) >= 11 is 0. The van der Waals surface area contributed by atoms with Gasteiger partial charge < -0.3 is 52.0 Å². The van der Waals surface area contributed by atoms with Gasteiger partial charge in [-0.2, -0.15) is 0 Å².